The van der Waals surface area contributed by atoms with Gasteiger partial charge >= 0.3 is 12.1 Å². The van der Waals surface area contributed by atoms with Gasteiger partial charge in [-0.15, -0.1) is 0 Å². The standard InChI is InChI=1S/C12H14F2N4O4/c1-15-6(19)5-11(13)7(12(5,14)18(4)10(15)22)16(2)9(21)17(3)8(11)20/h5,7H,1-4H3/t5?,7?,11-,12+/m1/s1. The highest BCUT2D eigenvalue weighted by Gasteiger charge is 2.87. The maximum absolute atomic E-state index is 15.4. The van der Waals surface area contributed by atoms with Crippen molar-refractivity contribution < 1.29 is 28.0 Å². The van der Waals surface area contributed by atoms with Gasteiger partial charge in [0, 0.05) is 28.2 Å². The third-order valence-corrected chi connectivity index (χ3v) is 4.88. The van der Waals surface area contributed by atoms with Crippen LogP contribution in [0, 0.1) is 5.92 Å². The lowest BCUT2D eigenvalue weighted by Gasteiger charge is -2.66. The second kappa shape index (κ2) is 3.73. The topological polar surface area (TPSA) is 81.2 Å². The monoisotopic (exact) mass is 316 g/mol. The van der Waals surface area contributed by atoms with E-state index in [-0.39, 0.29) is 0 Å². The van der Waals surface area contributed by atoms with Gasteiger partial charge in [0.15, 0.2) is 0 Å². The smallest absolute Gasteiger partial charge is 0.315 e. The van der Waals surface area contributed by atoms with E-state index in [2.05, 4.69) is 0 Å². The van der Waals surface area contributed by atoms with Gasteiger partial charge in [-0.25, -0.2) is 18.4 Å². The van der Waals surface area contributed by atoms with Gasteiger partial charge < -0.3 is 4.90 Å². The average molecular weight is 316 g/mol. The molecule has 0 aromatic rings. The summed E-state index contributed by atoms with van der Waals surface area (Å²) in [4.78, 5) is 50.6. The molecule has 0 radical (unpaired) electrons. The number of rotatable bonds is 0. The van der Waals surface area contributed by atoms with E-state index < -0.39 is 47.3 Å². The first-order valence-corrected chi connectivity index (χ1v) is 6.50. The molecule has 10 heteroatoms. The maximum atomic E-state index is 15.4. The molecule has 2 heterocycles. The van der Waals surface area contributed by atoms with Crippen LogP contribution < -0.4 is 0 Å². The van der Waals surface area contributed by atoms with Gasteiger partial charge in [-0.1, -0.05) is 0 Å². The summed E-state index contributed by atoms with van der Waals surface area (Å²) < 4.78 is 30.7. The highest BCUT2D eigenvalue weighted by atomic mass is 19.2. The number of hydrogen-bond acceptors (Lipinski definition) is 4. The van der Waals surface area contributed by atoms with E-state index >= 15 is 8.78 Å². The summed E-state index contributed by atoms with van der Waals surface area (Å²) in [6.45, 7) is 0. The van der Waals surface area contributed by atoms with Gasteiger partial charge in [0.1, 0.15) is 12.0 Å². The quantitative estimate of drug-likeness (QED) is 0.559. The number of halogens is 2. The minimum Gasteiger partial charge on any atom is -0.315 e. The van der Waals surface area contributed by atoms with Crippen LogP contribution in [0.1, 0.15) is 0 Å². The average Bonchev–Trinajstić information content (AvgIpc) is 2.47. The van der Waals surface area contributed by atoms with E-state index in [0.29, 0.717) is 14.7 Å². The summed E-state index contributed by atoms with van der Waals surface area (Å²) in [7, 11) is 4.34. The first-order chi connectivity index (χ1) is 10.0. The first kappa shape index (κ1) is 14.7. The number of likely N-dealkylation sites (N-methyl/N-ethyl adjacent to an activating group) is 2. The van der Waals surface area contributed by atoms with Crippen LogP contribution in [0.3, 0.4) is 0 Å². The molecule has 4 atom stereocenters. The summed E-state index contributed by atoms with van der Waals surface area (Å²) in [5, 5.41) is 0. The molecule has 0 bridgehead atoms. The zero-order chi connectivity index (χ0) is 16.8. The maximum Gasteiger partial charge on any atom is 0.328 e. The number of hydrogen-bond donors (Lipinski definition) is 0. The zero-order valence-corrected chi connectivity index (χ0v) is 12.3. The van der Waals surface area contributed by atoms with Crippen LogP contribution in [-0.2, 0) is 9.59 Å². The van der Waals surface area contributed by atoms with E-state index in [4.69, 9.17) is 0 Å². The van der Waals surface area contributed by atoms with Crippen molar-refractivity contribution in [2.24, 2.45) is 5.92 Å². The minimum atomic E-state index is -2.90. The Hall–Kier alpha value is -2.26. The lowest BCUT2D eigenvalue weighted by Crippen LogP contribution is -2.93. The molecule has 120 valence electrons. The summed E-state index contributed by atoms with van der Waals surface area (Å²) >= 11 is 0. The van der Waals surface area contributed by atoms with Crippen LogP contribution in [0.5, 0.6) is 0 Å². The van der Waals surface area contributed by atoms with E-state index in [0.717, 1.165) is 33.1 Å². The summed E-state index contributed by atoms with van der Waals surface area (Å²) in [5.74, 6) is -7.14. The molecular weight excluding hydrogens is 302 g/mol. The van der Waals surface area contributed by atoms with Crippen molar-refractivity contribution in [2.45, 2.75) is 17.5 Å². The van der Waals surface area contributed by atoms with Gasteiger partial charge in [0.25, 0.3) is 5.91 Å². The molecule has 2 aliphatic heterocycles. The fourth-order valence-corrected chi connectivity index (χ4v) is 3.68. The number of urea groups is 2. The molecule has 1 saturated carbocycles. The number of amides is 6. The Labute approximate surface area is 124 Å². The van der Waals surface area contributed by atoms with Crippen LogP contribution in [0.25, 0.3) is 0 Å². The highest BCUT2D eigenvalue weighted by molar-refractivity contribution is 6.10. The molecule has 2 saturated heterocycles. The summed E-state index contributed by atoms with van der Waals surface area (Å²) in [6.07, 6.45) is 0. The van der Waals surface area contributed by atoms with Gasteiger partial charge in [0.05, 0.1) is 0 Å². The molecule has 0 aromatic heterocycles. The van der Waals surface area contributed by atoms with Crippen molar-refractivity contribution in [3.63, 3.8) is 0 Å². The second-order valence-electron chi connectivity index (χ2n) is 5.83. The van der Waals surface area contributed by atoms with E-state index in [9.17, 15) is 19.2 Å². The van der Waals surface area contributed by atoms with Crippen LogP contribution in [0.4, 0.5) is 18.4 Å². The second-order valence-corrected chi connectivity index (χ2v) is 5.83. The largest absolute Gasteiger partial charge is 0.328 e. The molecule has 6 amide bonds. The lowest BCUT2D eigenvalue weighted by molar-refractivity contribution is -0.272. The van der Waals surface area contributed by atoms with E-state index in [1.807, 2.05) is 0 Å². The van der Waals surface area contributed by atoms with Crippen molar-refractivity contribution in [2.75, 3.05) is 28.2 Å². The molecule has 3 aliphatic rings. The predicted molar refractivity (Wildman–Crippen MR) is 66.8 cm³/mol. The van der Waals surface area contributed by atoms with Crippen LogP contribution >= 0.6 is 0 Å². The third-order valence-electron chi connectivity index (χ3n) is 4.88. The Balaban J connectivity index is 2.19. The molecule has 8 nitrogen and oxygen atoms in total. The van der Waals surface area contributed by atoms with Crippen LogP contribution in [0.2, 0.25) is 0 Å². The Bertz CT molecular complexity index is 643. The van der Waals surface area contributed by atoms with Crippen molar-refractivity contribution in [1.29, 1.82) is 0 Å². The fraction of sp³-hybridized carbons (Fsp3) is 0.667. The van der Waals surface area contributed by atoms with Gasteiger partial charge in [-0.3, -0.25) is 24.3 Å². The molecule has 0 spiro atoms. The number of carbonyl (C=O) groups excluding carboxylic acids is 4. The molecule has 0 aromatic carbocycles. The first-order valence-electron chi connectivity index (χ1n) is 6.50. The van der Waals surface area contributed by atoms with Crippen molar-refractivity contribution in [3.8, 4) is 0 Å². The number of imide groups is 2. The molecule has 3 fully saturated rings. The van der Waals surface area contributed by atoms with E-state index in [1.165, 1.54) is 0 Å². The van der Waals surface area contributed by atoms with Gasteiger partial charge in [0.2, 0.25) is 17.4 Å². The highest BCUT2D eigenvalue weighted by Crippen LogP contribution is 2.60. The predicted octanol–water partition coefficient (Wildman–Crippen LogP) is -0.593. The molecule has 0 N–H and O–H groups in total. The van der Waals surface area contributed by atoms with Crippen molar-refractivity contribution in [3.05, 3.63) is 0 Å². The molecule has 2 unspecified atom stereocenters. The lowest BCUT2D eigenvalue weighted by atomic mass is 9.56. The zero-order valence-electron chi connectivity index (χ0n) is 12.3. The summed E-state index contributed by atoms with van der Waals surface area (Å²) in [6, 6.07) is -3.71. The molecule has 1 aliphatic carbocycles. The fourth-order valence-electron chi connectivity index (χ4n) is 3.68. The van der Waals surface area contributed by atoms with E-state index in [1.54, 1.807) is 0 Å². The number of alkyl halides is 2. The van der Waals surface area contributed by atoms with Crippen molar-refractivity contribution in [1.82, 2.24) is 19.6 Å². The Morgan fingerprint density at radius 2 is 1.45 bits per heavy atom. The Morgan fingerprint density at radius 3 is 2.00 bits per heavy atom. The normalized spacial score (nSPS) is 41.5. The number of nitrogens with zero attached hydrogens (tertiary/aromatic N) is 4. The Morgan fingerprint density at radius 1 is 0.909 bits per heavy atom. The molecular formula is C12H14F2N4O4. The minimum absolute atomic E-state index is 0.514. The van der Waals surface area contributed by atoms with Gasteiger partial charge in [-0.05, 0) is 0 Å². The van der Waals surface area contributed by atoms with Crippen LogP contribution in [0.15, 0.2) is 0 Å². The summed E-state index contributed by atoms with van der Waals surface area (Å²) in [5.41, 5.74) is -2.90. The van der Waals surface area contributed by atoms with Crippen LogP contribution in [-0.4, -0.2) is 89.2 Å². The van der Waals surface area contributed by atoms with Crippen molar-refractivity contribution >= 4 is 23.9 Å². The SMILES string of the molecule is CN1C(=O)C2[C@]3(F)C(=O)N(C)C(=O)N(C)C3[C@@]2(F)N(C)C1=O. The molecule has 3 rings (SSSR count). The number of carbonyl (C=O) groups is 4. The third kappa shape index (κ3) is 1.15. The van der Waals surface area contributed by atoms with Gasteiger partial charge in [-0.2, -0.15) is 0 Å². The Kier molecular flexibility index (Phi) is 2.49. The molecule has 22 heavy (non-hydrogen) atoms. The number of fused-ring (bicyclic) bond motifs is 4.